The summed E-state index contributed by atoms with van der Waals surface area (Å²) in [7, 11) is 1.63. The number of hydrogen-bond donors (Lipinski definition) is 0. The lowest BCUT2D eigenvalue weighted by Gasteiger charge is -2.38. The number of alkyl halides is 1. The van der Waals surface area contributed by atoms with E-state index in [4.69, 9.17) is 16.3 Å². The maximum Gasteiger partial charge on any atom is 0.245 e. The molecule has 3 aromatic rings. The molecule has 2 atom stereocenters. The number of carbonyl (C=O) groups is 2. The molecule has 0 fully saturated rings. The van der Waals surface area contributed by atoms with Crippen LogP contribution in [0.4, 0.5) is 0 Å². The van der Waals surface area contributed by atoms with Crippen LogP contribution in [-0.2, 0) is 20.7 Å². The van der Waals surface area contributed by atoms with Gasteiger partial charge in [-0.1, -0.05) is 54.6 Å². The molecule has 5 nitrogen and oxygen atoms in total. The number of methoxy groups -OCH3 is 1. The number of thiophene rings is 1. The highest BCUT2D eigenvalue weighted by Crippen LogP contribution is 2.39. The summed E-state index contributed by atoms with van der Waals surface area (Å²) in [5, 5.41) is 1.26. The smallest absolute Gasteiger partial charge is 0.245 e. The van der Waals surface area contributed by atoms with Gasteiger partial charge >= 0.3 is 0 Å². The Morgan fingerprint density at radius 2 is 1.86 bits per heavy atom. The number of nitrogens with zero attached hydrogens (tertiary/aromatic N) is 2. The van der Waals surface area contributed by atoms with Gasteiger partial charge in [-0.2, -0.15) is 0 Å². The van der Waals surface area contributed by atoms with Gasteiger partial charge in [-0.15, -0.1) is 22.9 Å². The van der Waals surface area contributed by atoms with E-state index in [-0.39, 0.29) is 24.4 Å². The average molecular weight is 511 g/mol. The fourth-order valence-corrected chi connectivity index (χ4v) is 5.85. The Morgan fingerprint density at radius 3 is 2.60 bits per heavy atom. The zero-order valence-corrected chi connectivity index (χ0v) is 21.7. The minimum Gasteiger partial charge on any atom is -0.385 e. The molecule has 4 rings (SSSR count). The van der Waals surface area contributed by atoms with Crippen LogP contribution in [0.1, 0.15) is 45.0 Å². The molecule has 0 N–H and O–H groups in total. The highest BCUT2D eigenvalue weighted by Gasteiger charge is 2.35. The fraction of sp³-hybridized carbons (Fsp3) is 0.357. The van der Waals surface area contributed by atoms with Crippen molar-refractivity contribution in [1.29, 1.82) is 0 Å². The van der Waals surface area contributed by atoms with Gasteiger partial charge in [0.2, 0.25) is 11.8 Å². The summed E-state index contributed by atoms with van der Waals surface area (Å²) in [5.74, 6) is -0.333. The van der Waals surface area contributed by atoms with Gasteiger partial charge in [0, 0.05) is 31.7 Å². The fourth-order valence-electron chi connectivity index (χ4n) is 4.66. The van der Waals surface area contributed by atoms with Crippen molar-refractivity contribution in [3.8, 4) is 0 Å². The minimum absolute atomic E-state index is 0.0134. The van der Waals surface area contributed by atoms with Crippen molar-refractivity contribution >= 4 is 34.8 Å². The quantitative estimate of drug-likeness (QED) is 0.287. The summed E-state index contributed by atoms with van der Waals surface area (Å²) in [6.45, 7) is 3.59. The number of ether oxygens (including phenoxy) is 1. The molecule has 0 radical (unpaired) electrons. The number of fused-ring (bicyclic) bond motifs is 1. The number of aryl methyl sites for hydroxylation is 1. The van der Waals surface area contributed by atoms with E-state index in [2.05, 4.69) is 30.5 Å². The molecular weight excluding hydrogens is 480 g/mol. The zero-order valence-electron chi connectivity index (χ0n) is 20.2. The highest BCUT2D eigenvalue weighted by atomic mass is 35.5. The maximum absolute atomic E-state index is 13.8. The molecule has 35 heavy (non-hydrogen) atoms. The van der Waals surface area contributed by atoms with Crippen molar-refractivity contribution < 1.29 is 14.3 Å². The molecule has 1 aromatic heterocycles. The summed E-state index contributed by atoms with van der Waals surface area (Å²) in [5.41, 5.74) is 4.17. The molecule has 184 valence electrons. The van der Waals surface area contributed by atoms with Crippen LogP contribution in [0.15, 0.2) is 66.0 Å². The van der Waals surface area contributed by atoms with E-state index in [1.807, 2.05) is 47.4 Å². The molecule has 7 heteroatoms. The van der Waals surface area contributed by atoms with Gasteiger partial charge in [0.25, 0.3) is 0 Å². The summed E-state index contributed by atoms with van der Waals surface area (Å²) in [6, 6.07) is 19.5. The Kier molecular flexibility index (Phi) is 8.60. The van der Waals surface area contributed by atoms with Crippen molar-refractivity contribution in [3.05, 3.63) is 93.2 Å². The van der Waals surface area contributed by atoms with Crippen LogP contribution in [0.2, 0.25) is 0 Å². The Balaban J connectivity index is 1.59. The second-order valence-corrected chi connectivity index (χ2v) is 10.2. The molecule has 0 saturated carbocycles. The Labute approximate surface area is 216 Å². The second kappa shape index (κ2) is 11.8. The van der Waals surface area contributed by atoms with E-state index in [9.17, 15) is 9.59 Å². The first-order chi connectivity index (χ1) is 17.0. The summed E-state index contributed by atoms with van der Waals surface area (Å²) >= 11 is 8.33. The number of amides is 2. The summed E-state index contributed by atoms with van der Waals surface area (Å²) < 4.78 is 5.19. The number of rotatable bonds is 9. The normalized spacial score (nSPS) is 16.0. The van der Waals surface area contributed by atoms with Gasteiger partial charge in [0.1, 0.15) is 5.38 Å². The van der Waals surface area contributed by atoms with Crippen LogP contribution in [0.25, 0.3) is 0 Å². The van der Waals surface area contributed by atoms with Gasteiger partial charge in [0.15, 0.2) is 0 Å². The first kappa shape index (κ1) is 25.4. The lowest BCUT2D eigenvalue weighted by Crippen LogP contribution is -2.47. The monoisotopic (exact) mass is 510 g/mol. The van der Waals surface area contributed by atoms with Crippen LogP contribution in [0.5, 0.6) is 0 Å². The molecule has 1 aliphatic rings. The number of benzene rings is 2. The Bertz CT molecular complexity index is 1150. The van der Waals surface area contributed by atoms with Crippen LogP contribution in [-0.4, -0.2) is 55.0 Å². The molecule has 0 saturated heterocycles. The molecule has 0 spiro atoms. The van der Waals surface area contributed by atoms with Gasteiger partial charge in [0.05, 0.1) is 12.6 Å². The second-order valence-electron chi connectivity index (χ2n) is 8.77. The van der Waals surface area contributed by atoms with Crippen molar-refractivity contribution in [2.24, 2.45) is 0 Å². The lowest BCUT2D eigenvalue weighted by atomic mass is 9.90. The van der Waals surface area contributed by atoms with E-state index < -0.39 is 5.38 Å². The largest absolute Gasteiger partial charge is 0.385 e. The molecule has 2 unspecified atom stereocenters. The molecule has 0 bridgehead atoms. The van der Waals surface area contributed by atoms with E-state index >= 15 is 0 Å². The lowest BCUT2D eigenvalue weighted by molar-refractivity contribution is -0.141. The van der Waals surface area contributed by atoms with E-state index in [0.717, 1.165) is 23.1 Å². The van der Waals surface area contributed by atoms with Gasteiger partial charge in [-0.25, -0.2) is 0 Å². The first-order valence-electron chi connectivity index (χ1n) is 11.9. The van der Waals surface area contributed by atoms with E-state index in [0.29, 0.717) is 26.1 Å². The third kappa shape index (κ3) is 5.77. The molecule has 1 aliphatic heterocycles. The third-order valence-corrected chi connectivity index (χ3v) is 7.93. The highest BCUT2D eigenvalue weighted by molar-refractivity contribution is 7.10. The van der Waals surface area contributed by atoms with Crippen molar-refractivity contribution in [2.75, 3.05) is 33.4 Å². The third-order valence-electron chi connectivity index (χ3n) is 6.49. The standard InChI is InChI=1S/C28H31ClN2O3S/c1-20-9-6-7-12-22(20)27-23-14-18-35-24(23)13-16-31(27)25(32)19-30(15-8-17-34-2)28(33)26(29)21-10-4-3-5-11-21/h3-7,9-12,14,18,26-27H,8,13,15-17,19H2,1-2H3. The van der Waals surface area contributed by atoms with Gasteiger partial charge in [-0.05, 0) is 53.5 Å². The topological polar surface area (TPSA) is 49.9 Å². The first-order valence-corrected chi connectivity index (χ1v) is 13.2. The molecule has 2 amide bonds. The molecule has 0 aliphatic carbocycles. The van der Waals surface area contributed by atoms with Crippen molar-refractivity contribution in [1.82, 2.24) is 9.80 Å². The molecule has 2 heterocycles. The predicted octanol–water partition coefficient (Wildman–Crippen LogP) is 5.38. The SMILES string of the molecule is COCCCN(CC(=O)N1CCc2sccc2C1c1ccccc1C)C(=O)C(Cl)c1ccccc1. The number of halogens is 1. The summed E-state index contributed by atoms with van der Waals surface area (Å²) in [6.07, 6.45) is 1.45. The minimum atomic E-state index is -0.844. The predicted molar refractivity (Wildman–Crippen MR) is 141 cm³/mol. The van der Waals surface area contributed by atoms with E-state index in [1.165, 1.54) is 10.4 Å². The number of hydrogen-bond acceptors (Lipinski definition) is 4. The number of carbonyl (C=O) groups excluding carboxylic acids is 2. The molecule has 2 aromatic carbocycles. The Hall–Kier alpha value is -2.67. The average Bonchev–Trinajstić information content (AvgIpc) is 3.37. The van der Waals surface area contributed by atoms with Gasteiger partial charge in [-0.3, -0.25) is 9.59 Å². The van der Waals surface area contributed by atoms with E-state index in [1.54, 1.807) is 23.3 Å². The Morgan fingerprint density at radius 1 is 1.11 bits per heavy atom. The van der Waals surface area contributed by atoms with Crippen molar-refractivity contribution in [2.45, 2.75) is 31.2 Å². The van der Waals surface area contributed by atoms with Crippen LogP contribution in [0.3, 0.4) is 0 Å². The summed E-state index contributed by atoms with van der Waals surface area (Å²) in [4.78, 5) is 32.0. The molecular formula is C28H31ClN2O3S. The van der Waals surface area contributed by atoms with Crippen LogP contribution >= 0.6 is 22.9 Å². The van der Waals surface area contributed by atoms with Crippen molar-refractivity contribution in [3.63, 3.8) is 0 Å². The zero-order chi connectivity index (χ0) is 24.8. The maximum atomic E-state index is 13.8. The van der Waals surface area contributed by atoms with Crippen LogP contribution in [0, 0.1) is 6.92 Å². The van der Waals surface area contributed by atoms with Crippen LogP contribution < -0.4 is 0 Å². The van der Waals surface area contributed by atoms with Gasteiger partial charge < -0.3 is 14.5 Å².